The smallest absolute Gasteiger partial charge is 0.256 e. The van der Waals surface area contributed by atoms with E-state index in [1.54, 1.807) is 6.20 Å². The molecular formula is C24H32N6O. The third-order valence-corrected chi connectivity index (χ3v) is 5.93. The SMILES string of the molecule is CCN1CCN(CCCNC(=O)c2cnn(-c3cccc(C)c3)c2-n2cccc2)CC1. The van der Waals surface area contributed by atoms with E-state index in [9.17, 15) is 4.79 Å². The van der Waals surface area contributed by atoms with Crippen LogP contribution in [-0.2, 0) is 0 Å². The molecule has 4 rings (SSSR count). The Morgan fingerprint density at radius 1 is 1.06 bits per heavy atom. The number of aryl methyl sites for hydroxylation is 1. The topological polar surface area (TPSA) is 58.3 Å². The molecule has 1 saturated heterocycles. The number of nitrogens with zero attached hydrogens (tertiary/aromatic N) is 5. The van der Waals surface area contributed by atoms with Gasteiger partial charge in [-0.25, -0.2) is 4.68 Å². The van der Waals surface area contributed by atoms with Crippen LogP contribution < -0.4 is 5.32 Å². The van der Waals surface area contributed by atoms with Crippen LogP contribution in [0.5, 0.6) is 0 Å². The lowest BCUT2D eigenvalue weighted by atomic mass is 10.2. The Balaban J connectivity index is 1.41. The van der Waals surface area contributed by atoms with E-state index >= 15 is 0 Å². The van der Waals surface area contributed by atoms with Crippen molar-refractivity contribution < 1.29 is 4.79 Å². The summed E-state index contributed by atoms with van der Waals surface area (Å²) in [5.74, 6) is 0.669. The van der Waals surface area contributed by atoms with Crippen molar-refractivity contribution in [1.29, 1.82) is 0 Å². The normalized spacial score (nSPS) is 15.3. The van der Waals surface area contributed by atoms with Crippen LogP contribution in [0.3, 0.4) is 0 Å². The van der Waals surface area contributed by atoms with E-state index in [0.29, 0.717) is 12.1 Å². The van der Waals surface area contributed by atoms with Gasteiger partial charge in [0.25, 0.3) is 5.91 Å². The van der Waals surface area contributed by atoms with Gasteiger partial charge in [-0.2, -0.15) is 5.10 Å². The van der Waals surface area contributed by atoms with Gasteiger partial charge in [0, 0.05) is 45.1 Å². The van der Waals surface area contributed by atoms with Gasteiger partial charge in [0.15, 0.2) is 5.82 Å². The summed E-state index contributed by atoms with van der Waals surface area (Å²) in [5.41, 5.74) is 2.67. The molecule has 1 fully saturated rings. The fraction of sp³-hybridized carbons (Fsp3) is 0.417. The molecular weight excluding hydrogens is 388 g/mol. The highest BCUT2D eigenvalue weighted by atomic mass is 16.1. The lowest BCUT2D eigenvalue weighted by Gasteiger charge is -2.33. The molecule has 1 aliphatic heterocycles. The Hall–Kier alpha value is -2.90. The lowest BCUT2D eigenvalue weighted by molar-refractivity contribution is 0.0948. The number of rotatable bonds is 8. The lowest BCUT2D eigenvalue weighted by Crippen LogP contribution is -2.46. The predicted octanol–water partition coefficient (Wildman–Crippen LogP) is 2.73. The van der Waals surface area contributed by atoms with E-state index < -0.39 is 0 Å². The van der Waals surface area contributed by atoms with Crippen molar-refractivity contribution in [2.45, 2.75) is 20.3 Å². The Labute approximate surface area is 184 Å². The quantitative estimate of drug-likeness (QED) is 0.570. The summed E-state index contributed by atoms with van der Waals surface area (Å²) in [6.07, 6.45) is 6.49. The zero-order valence-corrected chi connectivity index (χ0v) is 18.5. The van der Waals surface area contributed by atoms with Crippen LogP contribution in [0.4, 0.5) is 0 Å². The number of piperazine rings is 1. The van der Waals surface area contributed by atoms with Crippen molar-refractivity contribution in [2.75, 3.05) is 45.8 Å². The van der Waals surface area contributed by atoms with Crippen LogP contribution in [0.15, 0.2) is 55.0 Å². The number of likely N-dealkylation sites (N-methyl/N-ethyl adjacent to an activating group) is 1. The zero-order valence-electron chi connectivity index (χ0n) is 18.5. The van der Waals surface area contributed by atoms with Gasteiger partial charge in [-0.05, 0) is 56.3 Å². The molecule has 1 aliphatic rings. The van der Waals surface area contributed by atoms with E-state index in [1.807, 2.05) is 45.9 Å². The van der Waals surface area contributed by atoms with Crippen molar-refractivity contribution in [3.63, 3.8) is 0 Å². The molecule has 7 heteroatoms. The zero-order chi connectivity index (χ0) is 21.6. The van der Waals surface area contributed by atoms with E-state index in [-0.39, 0.29) is 5.91 Å². The Morgan fingerprint density at radius 3 is 2.52 bits per heavy atom. The summed E-state index contributed by atoms with van der Waals surface area (Å²) in [4.78, 5) is 18.0. The Kier molecular flexibility index (Phi) is 6.84. The molecule has 0 spiro atoms. The first kappa shape index (κ1) is 21.3. The van der Waals surface area contributed by atoms with Gasteiger partial charge >= 0.3 is 0 Å². The molecule has 164 valence electrons. The molecule has 3 heterocycles. The molecule has 0 saturated carbocycles. The van der Waals surface area contributed by atoms with Gasteiger partial charge in [0.1, 0.15) is 5.56 Å². The third-order valence-electron chi connectivity index (χ3n) is 5.93. The van der Waals surface area contributed by atoms with Crippen molar-refractivity contribution in [3.05, 3.63) is 66.1 Å². The number of amides is 1. The number of carbonyl (C=O) groups is 1. The van der Waals surface area contributed by atoms with Gasteiger partial charge in [-0.1, -0.05) is 19.1 Å². The minimum Gasteiger partial charge on any atom is -0.352 e. The molecule has 1 N–H and O–H groups in total. The first-order valence-corrected chi connectivity index (χ1v) is 11.2. The fourth-order valence-corrected chi connectivity index (χ4v) is 4.10. The van der Waals surface area contributed by atoms with Gasteiger partial charge in [0.05, 0.1) is 11.9 Å². The van der Waals surface area contributed by atoms with Crippen LogP contribution >= 0.6 is 0 Å². The predicted molar refractivity (Wildman–Crippen MR) is 123 cm³/mol. The highest BCUT2D eigenvalue weighted by Gasteiger charge is 2.20. The molecule has 0 bridgehead atoms. The molecule has 2 aromatic heterocycles. The monoisotopic (exact) mass is 420 g/mol. The van der Waals surface area contributed by atoms with Crippen LogP contribution in [0.25, 0.3) is 11.5 Å². The second-order valence-corrected chi connectivity index (χ2v) is 8.11. The number of carbonyl (C=O) groups excluding carboxylic acids is 1. The molecule has 31 heavy (non-hydrogen) atoms. The highest BCUT2D eigenvalue weighted by molar-refractivity contribution is 5.97. The summed E-state index contributed by atoms with van der Waals surface area (Å²) in [6, 6.07) is 12.0. The molecule has 0 aliphatic carbocycles. The van der Waals surface area contributed by atoms with Gasteiger partial charge < -0.3 is 19.7 Å². The summed E-state index contributed by atoms with van der Waals surface area (Å²) in [5, 5.41) is 7.64. The minimum atomic E-state index is -0.0848. The molecule has 1 amide bonds. The van der Waals surface area contributed by atoms with E-state index in [1.165, 1.54) is 0 Å². The van der Waals surface area contributed by atoms with Crippen LogP contribution in [-0.4, -0.2) is 75.9 Å². The summed E-state index contributed by atoms with van der Waals surface area (Å²) in [6.45, 7) is 11.6. The second-order valence-electron chi connectivity index (χ2n) is 8.11. The van der Waals surface area contributed by atoms with Crippen molar-refractivity contribution in [3.8, 4) is 11.5 Å². The van der Waals surface area contributed by atoms with Crippen LogP contribution in [0.2, 0.25) is 0 Å². The first-order chi connectivity index (χ1) is 15.2. The van der Waals surface area contributed by atoms with Crippen LogP contribution in [0, 0.1) is 6.92 Å². The largest absolute Gasteiger partial charge is 0.352 e. The Bertz CT molecular complexity index is 985. The Morgan fingerprint density at radius 2 is 1.81 bits per heavy atom. The van der Waals surface area contributed by atoms with Crippen molar-refractivity contribution in [1.82, 2.24) is 29.5 Å². The number of hydrogen-bond donors (Lipinski definition) is 1. The number of hydrogen-bond acceptors (Lipinski definition) is 4. The average Bonchev–Trinajstić information content (AvgIpc) is 3.46. The maximum Gasteiger partial charge on any atom is 0.256 e. The summed E-state index contributed by atoms with van der Waals surface area (Å²) in [7, 11) is 0. The van der Waals surface area contributed by atoms with Crippen molar-refractivity contribution >= 4 is 5.91 Å². The fourth-order valence-electron chi connectivity index (χ4n) is 4.10. The maximum atomic E-state index is 13.0. The van der Waals surface area contributed by atoms with Crippen molar-refractivity contribution in [2.24, 2.45) is 0 Å². The average molecular weight is 421 g/mol. The first-order valence-electron chi connectivity index (χ1n) is 11.2. The van der Waals surface area contributed by atoms with E-state index in [2.05, 4.69) is 46.2 Å². The molecule has 7 nitrogen and oxygen atoms in total. The number of nitrogens with one attached hydrogen (secondary N) is 1. The molecule has 0 unspecified atom stereocenters. The molecule has 3 aromatic rings. The molecule has 0 atom stereocenters. The maximum absolute atomic E-state index is 13.0. The standard InChI is InChI=1S/C24H32N6O/c1-3-27-14-16-28(17-15-27)11-7-10-25-23(31)22-19-26-30(21-9-6-8-20(2)18-21)24(22)29-12-4-5-13-29/h4-6,8-9,12-13,18-19H,3,7,10-11,14-17H2,1-2H3,(H,25,31). The number of benzene rings is 1. The highest BCUT2D eigenvalue weighted by Crippen LogP contribution is 2.20. The van der Waals surface area contributed by atoms with Gasteiger partial charge in [-0.15, -0.1) is 0 Å². The van der Waals surface area contributed by atoms with Gasteiger partial charge in [0.2, 0.25) is 0 Å². The minimum absolute atomic E-state index is 0.0848. The summed E-state index contributed by atoms with van der Waals surface area (Å²) >= 11 is 0. The molecule has 0 radical (unpaired) electrons. The third kappa shape index (κ3) is 5.06. The summed E-state index contributed by atoms with van der Waals surface area (Å²) < 4.78 is 3.77. The number of aromatic nitrogens is 3. The van der Waals surface area contributed by atoms with E-state index in [0.717, 1.165) is 62.8 Å². The second kappa shape index (κ2) is 9.94. The van der Waals surface area contributed by atoms with Gasteiger partial charge in [-0.3, -0.25) is 4.79 Å². The molecule has 1 aromatic carbocycles. The van der Waals surface area contributed by atoms with Crippen LogP contribution in [0.1, 0.15) is 29.3 Å². The van der Waals surface area contributed by atoms with E-state index in [4.69, 9.17) is 0 Å².